The zero-order valence-corrected chi connectivity index (χ0v) is 37.1. The summed E-state index contributed by atoms with van der Waals surface area (Å²) in [5.41, 5.74) is 4.05. The number of aromatic nitrogens is 2. The first-order valence-corrected chi connectivity index (χ1v) is 20.5. The molecule has 52 heavy (non-hydrogen) atoms. The number of carbonyl (C=O) groups excluding carboxylic acids is 1. The number of carbonyl (C=O) groups is 1. The Hall–Kier alpha value is -2.64. The van der Waals surface area contributed by atoms with Gasteiger partial charge in [0.15, 0.2) is 5.78 Å². The molecule has 4 heterocycles. The van der Waals surface area contributed by atoms with E-state index in [0.717, 1.165) is 64.7 Å². The van der Waals surface area contributed by atoms with Crippen molar-refractivity contribution in [2.75, 3.05) is 0 Å². The molecule has 283 valence electrons. The summed E-state index contributed by atoms with van der Waals surface area (Å²) in [6, 6.07) is 12.6. The van der Waals surface area contributed by atoms with Gasteiger partial charge in [0.1, 0.15) is 28.8 Å². The molecule has 8 heteroatoms. The van der Waals surface area contributed by atoms with Gasteiger partial charge in [-0.05, 0) is 59.6 Å². The van der Waals surface area contributed by atoms with Gasteiger partial charge in [0.25, 0.3) is 0 Å². The molecule has 1 N–H and O–H groups in total. The molecule has 1 aliphatic rings. The second-order valence-corrected chi connectivity index (χ2v) is 18.3. The number of thiophene rings is 2. The molecule has 3 aromatic heterocycles. The number of rotatable bonds is 10. The Balaban J connectivity index is 0.000000289. The van der Waals surface area contributed by atoms with Gasteiger partial charge in [-0.2, -0.15) is 11.3 Å². The third-order valence-electron chi connectivity index (χ3n) is 11.6. The number of aliphatic hydroxyl groups excluding tert-OH is 1. The monoisotopic (exact) mass is 918 g/mol. The van der Waals surface area contributed by atoms with Crippen LogP contribution < -0.4 is 4.74 Å². The first kappa shape index (κ1) is 42.1. The predicted molar refractivity (Wildman–Crippen MR) is 219 cm³/mol. The fraction of sp³-hybridized carbons (Fsp3) is 0.523. The standard InChI is InChI=1S/C29H29N2OS2.C15H28O2.Ir/c1-15(2)11-21-16(3)19-7-8-22-23(26(19)32-21)24-25(30-14-31-28(24)34-22)18-12-17-9-10-33-27(17)20(13-18)29(4,5)6;1-7-14(5,8-2)12(16)11-13(17)15(6,9-3)10-4;/h7-10,13-16,21H,11H2,1-6H3;11,16H,7-10H2,1-6H3;/q-1;;/b;12-11-;. The van der Waals surface area contributed by atoms with Crippen LogP contribution in [0, 0.1) is 22.8 Å². The van der Waals surface area contributed by atoms with E-state index in [2.05, 4.69) is 82.2 Å². The summed E-state index contributed by atoms with van der Waals surface area (Å²) in [6.45, 7) is 25.7. The van der Waals surface area contributed by atoms with E-state index in [1.165, 1.54) is 32.0 Å². The van der Waals surface area contributed by atoms with Gasteiger partial charge in [-0.3, -0.25) is 9.78 Å². The van der Waals surface area contributed by atoms with Crippen LogP contribution >= 0.6 is 22.7 Å². The van der Waals surface area contributed by atoms with Crippen LogP contribution in [0.4, 0.5) is 0 Å². The molecule has 6 rings (SSSR count). The van der Waals surface area contributed by atoms with Gasteiger partial charge in [0, 0.05) is 69.7 Å². The van der Waals surface area contributed by atoms with E-state index in [-0.39, 0.29) is 54.0 Å². The summed E-state index contributed by atoms with van der Waals surface area (Å²) < 4.78 is 9.20. The van der Waals surface area contributed by atoms with E-state index >= 15 is 0 Å². The van der Waals surface area contributed by atoms with E-state index in [1.54, 1.807) is 29.0 Å². The van der Waals surface area contributed by atoms with Crippen molar-refractivity contribution >= 4 is 58.8 Å². The Morgan fingerprint density at radius 3 is 2.23 bits per heavy atom. The number of allylic oxidation sites excluding steroid dienone is 2. The van der Waals surface area contributed by atoms with Gasteiger partial charge in [-0.1, -0.05) is 100 Å². The molecular formula is C44H57IrN2O3S2-. The maximum atomic E-state index is 12.2. The van der Waals surface area contributed by atoms with Crippen molar-refractivity contribution in [1.29, 1.82) is 0 Å². The first-order valence-electron chi connectivity index (χ1n) is 18.8. The molecule has 0 aliphatic carbocycles. The Bertz CT molecular complexity index is 2060. The number of aliphatic hydroxyl groups is 1. The van der Waals surface area contributed by atoms with Crippen molar-refractivity contribution < 1.29 is 34.7 Å². The van der Waals surface area contributed by atoms with Crippen LogP contribution in [0.25, 0.3) is 41.6 Å². The molecule has 1 radical (unpaired) electrons. The Kier molecular flexibility index (Phi) is 13.3. The van der Waals surface area contributed by atoms with E-state index in [9.17, 15) is 9.90 Å². The zero-order valence-electron chi connectivity index (χ0n) is 33.1. The van der Waals surface area contributed by atoms with Crippen LogP contribution in [0.2, 0.25) is 0 Å². The van der Waals surface area contributed by atoms with Crippen molar-refractivity contribution in [3.63, 3.8) is 0 Å². The molecular weight excluding hydrogens is 861 g/mol. The molecule has 0 amide bonds. The first-order chi connectivity index (χ1) is 24.0. The van der Waals surface area contributed by atoms with Gasteiger partial charge in [-0.25, -0.2) is 4.98 Å². The largest absolute Gasteiger partial charge is 0.512 e. The average Bonchev–Trinajstić information content (AvgIpc) is 3.81. The number of fused-ring (bicyclic) bond motifs is 6. The molecule has 5 nitrogen and oxygen atoms in total. The second kappa shape index (κ2) is 16.4. The van der Waals surface area contributed by atoms with E-state index in [0.29, 0.717) is 11.8 Å². The molecule has 0 bridgehead atoms. The number of benzene rings is 2. The summed E-state index contributed by atoms with van der Waals surface area (Å²) in [5, 5.41) is 15.7. The normalized spacial score (nSPS) is 16.5. The van der Waals surface area contributed by atoms with Crippen LogP contribution in [0.3, 0.4) is 0 Å². The minimum atomic E-state index is -0.337. The Labute approximate surface area is 333 Å². The minimum Gasteiger partial charge on any atom is -0.512 e. The molecule has 0 saturated heterocycles. The van der Waals surface area contributed by atoms with Gasteiger partial charge < -0.3 is 9.84 Å². The van der Waals surface area contributed by atoms with Gasteiger partial charge in [-0.15, -0.1) is 34.9 Å². The minimum absolute atomic E-state index is 0. The van der Waals surface area contributed by atoms with Crippen molar-refractivity contribution in [2.45, 2.75) is 133 Å². The Morgan fingerprint density at radius 1 is 0.981 bits per heavy atom. The fourth-order valence-electron chi connectivity index (χ4n) is 6.91. The van der Waals surface area contributed by atoms with Crippen molar-refractivity contribution in [2.24, 2.45) is 16.7 Å². The van der Waals surface area contributed by atoms with Gasteiger partial charge in [0.2, 0.25) is 0 Å². The van der Waals surface area contributed by atoms with E-state index in [1.807, 2.05) is 41.5 Å². The number of hydrogen-bond donors (Lipinski definition) is 1. The molecule has 2 atom stereocenters. The van der Waals surface area contributed by atoms with Crippen LogP contribution in [-0.2, 0) is 30.3 Å². The van der Waals surface area contributed by atoms with Crippen molar-refractivity contribution in [3.05, 3.63) is 65.0 Å². The van der Waals surface area contributed by atoms with Crippen LogP contribution in [0.15, 0.2) is 47.8 Å². The van der Waals surface area contributed by atoms with Gasteiger partial charge >= 0.3 is 0 Å². The number of ketones is 1. The number of nitrogens with zero attached hydrogens (tertiary/aromatic N) is 2. The maximum Gasteiger partial charge on any atom is 0.164 e. The Morgan fingerprint density at radius 2 is 1.63 bits per heavy atom. The van der Waals surface area contributed by atoms with Crippen LogP contribution in [0.5, 0.6) is 5.75 Å². The number of hydrogen-bond acceptors (Lipinski definition) is 7. The molecule has 0 fully saturated rings. The number of ether oxygens (including phenoxy) is 1. The molecule has 1 aliphatic heterocycles. The summed E-state index contributed by atoms with van der Waals surface area (Å²) in [5.74, 6) is 2.29. The van der Waals surface area contributed by atoms with Gasteiger partial charge in [0.05, 0.1) is 0 Å². The molecule has 0 spiro atoms. The van der Waals surface area contributed by atoms with E-state index < -0.39 is 0 Å². The van der Waals surface area contributed by atoms with Crippen molar-refractivity contribution in [3.8, 4) is 17.0 Å². The summed E-state index contributed by atoms with van der Waals surface area (Å²) in [4.78, 5) is 22.7. The van der Waals surface area contributed by atoms with E-state index in [4.69, 9.17) is 9.72 Å². The molecule has 0 saturated carbocycles. The summed E-state index contributed by atoms with van der Waals surface area (Å²) in [7, 11) is 0. The third kappa shape index (κ3) is 8.06. The second-order valence-electron chi connectivity index (χ2n) is 16.4. The molecule has 2 unspecified atom stereocenters. The quantitative estimate of drug-likeness (QED) is 0.0858. The van der Waals surface area contributed by atoms with Crippen molar-refractivity contribution in [1.82, 2.24) is 9.97 Å². The van der Waals surface area contributed by atoms with Crippen LogP contribution in [0.1, 0.15) is 132 Å². The third-order valence-corrected chi connectivity index (χ3v) is 13.6. The SMILES string of the molecule is CC(C)CC1Oc2c(ccc3sc4ncnc(-c5[c-]c6ccsc6c(C(C)(C)C)c5)c4c23)C1C.CCC(C)(CC)C(=O)/C=C(\O)C(C)(CC)CC.[Ir]. The zero-order chi connectivity index (χ0) is 37.5. The predicted octanol–water partition coefficient (Wildman–Crippen LogP) is 13.4. The molecule has 5 aromatic rings. The fourth-order valence-corrected chi connectivity index (χ4v) is 9.03. The topological polar surface area (TPSA) is 72.3 Å². The maximum absolute atomic E-state index is 12.2. The average molecular weight is 918 g/mol. The van der Waals surface area contributed by atoms with Crippen LogP contribution in [-0.4, -0.2) is 27.0 Å². The molecule has 2 aromatic carbocycles. The summed E-state index contributed by atoms with van der Waals surface area (Å²) in [6.07, 6.45) is 7.72. The summed E-state index contributed by atoms with van der Waals surface area (Å²) >= 11 is 3.52. The smallest absolute Gasteiger partial charge is 0.164 e.